The summed E-state index contributed by atoms with van der Waals surface area (Å²) >= 11 is 0. The van der Waals surface area contributed by atoms with E-state index in [1.165, 1.54) is 32.3 Å². The topological polar surface area (TPSA) is 94.5 Å². The Bertz CT molecular complexity index is 1430. The average Bonchev–Trinajstić information content (AvgIpc) is 3.17. The fraction of sp³-hybridized carbons (Fsp3) is 0.267. The van der Waals surface area contributed by atoms with Crippen LogP contribution in [0.2, 0.25) is 0 Å². The molecule has 0 saturated heterocycles. The molecular weight excluding hydrogens is 486 g/mol. The van der Waals surface area contributed by atoms with E-state index >= 15 is 0 Å². The smallest absolute Gasteiger partial charge is 0.290 e. The van der Waals surface area contributed by atoms with Crippen molar-refractivity contribution >= 4 is 11.7 Å². The third kappa shape index (κ3) is 4.42. The standard InChI is InChI=1S/C30H31NO7/c1-18-12-19(2)27(38-6)23(13-18)28(33)30(21-10-11-25(36-4)26(15-21)37-5)16-24(32)29(34)31(30)17-20-8-7-9-22(14-20)35-3/h7-16,32H,17H2,1-6H3. The van der Waals surface area contributed by atoms with E-state index in [1.54, 1.807) is 49.6 Å². The number of hydrogen-bond acceptors (Lipinski definition) is 7. The van der Waals surface area contributed by atoms with Crippen LogP contribution in [0.15, 0.2) is 66.4 Å². The second kappa shape index (κ2) is 10.5. The lowest BCUT2D eigenvalue weighted by Crippen LogP contribution is -2.49. The summed E-state index contributed by atoms with van der Waals surface area (Å²) in [6.07, 6.45) is 1.30. The van der Waals surface area contributed by atoms with Gasteiger partial charge in [-0.3, -0.25) is 9.59 Å². The van der Waals surface area contributed by atoms with E-state index < -0.39 is 23.0 Å². The molecule has 8 nitrogen and oxygen atoms in total. The maximum absolute atomic E-state index is 14.7. The lowest BCUT2D eigenvalue weighted by atomic mass is 9.80. The minimum absolute atomic E-state index is 0.0177. The largest absolute Gasteiger partial charge is 0.503 e. The summed E-state index contributed by atoms with van der Waals surface area (Å²) < 4.78 is 21.9. The Morgan fingerprint density at radius 1 is 0.895 bits per heavy atom. The molecule has 4 rings (SSSR count). The molecular formula is C30H31NO7. The van der Waals surface area contributed by atoms with Gasteiger partial charge in [0.05, 0.1) is 34.0 Å². The average molecular weight is 518 g/mol. The molecule has 0 spiro atoms. The number of Topliss-reactive ketones (excluding diaryl/α,β-unsaturated/α-hetero) is 1. The molecule has 1 heterocycles. The molecule has 1 amide bonds. The lowest BCUT2D eigenvalue weighted by Gasteiger charge is -2.37. The molecule has 3 aromatic carbocycles. The second-order valence-corrected chi connectivity index (χ2v) is 9.10. The molecule has 1 unspecified atom stereocenters. The van der Waals surface area contributed by atoms with E-state index in [0.29, 0.717) is 34.1 Å². The van der Waals surface area contributed by atoms with Crippen LogP contribution >= 0.6 is 0 Å². The van der Waals surface area contributed by atoms with Crippen molar-refractivity contribution in [1.29, 1.82) is 0 Å². The van der Waals surface area contributed by atoms with Gasteiger partial charge in [-0.1, -0.05) is 24.3 Å². The number of carbonyl (C=O) groups excluding carboxylic acids is 2. The fourth-order valence-corrected chi connectivity index (χ4v) is 5.02. The van der Waals surface area contributed by atoms with Crippen molar-refractivity contribution in [2.24, 2.45) is 0 Å². The fourth-order valence-electron chi connectivity index (χ4n) is 5.02. The summed E-state index contributed by atoms with van der Waals surface area (Å²) in [5.74, 6) is 0.185. The van der Waals surface area contributed by atoms with E-state index in [4.69, 9.17) is 18.9 Å². The van der Waals surface area contributed by atoms with Gasteiger partial charge in [0.1, 0.15) is 11.5 Å². The first-order valence-electron chi connectivity index (χ1n) is 12.0. The summed E-state index contributed by atoms with van der Waals surface area (Å²) in [6, 6.07) is 15.8. The third-order valence-corrected chi connectivity index (χ3v) is 6.75. The zero-order valence-electron chi connectivity index (χ0n) is 22.3. The molecule has 1 N–H and O–H groups in total. The predicted octanol–water partition coefficient (Wildman–Crippen LogP) is 4.90. The number of aryl methyl sites for hydroxylation is 2. The molecule has 0 aromatic heterocycles. The van der Waals surface area contributed by atoms with Crippen LogP contribution in [0, 0.1) is 13.8 Å². The minimum atomic E-state index is -1.71. The second-order valence-electron chi connectivity index (χ2n) is 9.10. The van der Waals surface area contributed by atoms with Crippen LogP contribution in [-0.2, 0) is 16.9 Å². The van der Waals surface area contributed by atoms with E-state index in [2.05, 4.69) is 0 Å². The summed E-state index contributed by atoms with van der Waals surface area (Å²) in [7, 11) is 6.05. The normalized spacial score (nSPS) is 16.7. The number of ether oxygens (including phenoxy) is 4. The maximum Gasteiger partial charge on any atom is 0.290 e. The van der Waals surface area contributed by atoms with Crippen LogP contribution in [0.3, 0.4) is 0 Å². The summed E-state index contributed by atoms with van der Waals surface area (Å²) in [4.78, 5) is 29.5. The monoisotopic (exact) mass is 517 g/mol. The molecule has 0 bridgehead atoms. The summed E-state index contributed by atoms with van der Waals surface area (Å²) in [6.45, 7) is 3.75. The Balaban J connectivity index is 2.01. The van der Waals surface area contributed by atoms with Gasteiger partial charge in [0.15, 0.2) is 22.8 Å². The zero-order chi connectivity index (χ0) is 27.6. The molecule has 38 heavy (non-hydrogen) atoms. The highest BCUT2D eigenvalue weighted by Crippen LogP contribution is 2.45. The quantitative estimate of drug-likeness (QED) is 0.404. The Kier molecular flexibility index (Phi) is 7.35. The van der Waals surface area contributed by atoms with Crippen molar-refractivity contribution in [3.05, 3.63) is 94.2 Å². The van der Waals surface area contributed by atoms with Gasteiger partial charge in [-0.05, 0) is 66.4 Å². The highest BCUT2D eigenvalue weighted by Gasteiger charge is 2.53. The predicted molar refractivity (Wildman–Crippen MR) is 142 cm³/mol. The molecule has 0 aliphatic carbocycles. The van der Waals surface area contributed by atoms with E-state index in [0.717, 1.165) is 11.1 Å². The van der Waals surface area contributed by atoms with Crippen LogP contribution in [-0.4, -0.2) is 50.1 Å². The first-order valence-corrected chi connectivity index (χ1v) is 12.0. The molecule has 0 saturated carbocycles. The number of rotatable bonds is 9. The van der Waals surface area contributed by atoms with Crippen molar-refractivity contribution in [1.82, 2.24) is 4.90 Å². The van der Waals surface area contributed by atoms with Gasteiger partial charge in [0.2, 0.25) is 5.78 Å². The highest BCUT2D eigenvalue weighted by atomic mass is 16.5. The van der Waals surface area contributed by atoms with Crippen molar-refractivity contribution in [2.75, 3.05) is 28.4 Å². The Morgan fingerprint density at radius 3 is 2.29 bits per heavy atom. The van der Waals surface area contributed by atoms with Crippen LogP contribution < -0.4 is 18.9 Å². The highest BCUT2D eigenvalue weighted by molar-refractivity contribution is 6.13. The first kappa shape index (κ1) is 26.6. The SMILES string of the molecule is COc1cccc(CN2C(=O)C(O)=CC2(C(=O)c2cc(C)cc(C)c2OC)c2ccc(OC)c(OC)c2)c1. The van der Waals surface area contributed by atoms with Gasteiger partial charge in [-0.2, -0.15) is 0 Å². The van der Waals surface area contributed by atoms with Gasteiger partial charge in [0.25, 0.3) is 5.91 Å². The summed E-state index contributed by atoms with van der Waals surface area (Å²) in [5.41, 5.74) is 1.33. The van der Waals surface area contributed by atoms with E-state index in [1.807, 2.05) is 26.0 Å². The number of nitrogens with zero attached hydrogens (tertiary/aromatic N) is 1. The lowest BCUT2D eigenvalue weighted by molar-refractivity contribution is -0.131. The van der Waals surface area contributed by atoms with Crippen molar-refractivity contribution in [3.63, 3.8) is 0 Å². The van der Waals surface area contributed by atoms with Gasteiger partial charge in [-0.15, -0.1) is 0 Å². The van der Waals surface area contributed by atoms with E-state index in [9.17, 15) is 14.7 Å². The summed E-state index contributed by atoms with van der Waals surface area (Å²) in [5, 5.41) is 10.8. The maximum atomic E-state index is 14.7. The molecule has 1 atom stereocenters. The van der Waals surface area contributed by atoms with Gasteiger partial charge in [0, 0.05) is 12.6 Å². The van der Waals surface area contributed by atoms with Crippen LogP contribution in [0.5, 0.6) is 23.0 Å². The van der Waals surface area contributed by atoms with Crippen molar-refractivity contribution in [2.45, 2.75) is 25.9 Å². The van der Waals surface area contributed by atoms with Crippen molar-refractivity contribution < 1.29 is 33.6 Å². The molecule has 8 heteroatoms. The molecule has 1 aliphatic rings. The minimum Gasteiger partial charge on any atom is -0.503 e. The Labute approximate surface area is 222 Å². The van der Waals surface area contributed by atoms with Gasteiger partial charge < -0.3 is 29.0 Å². The van der Waals surface area contributed by atoms with Crippen LogP contribution in [0.25, 0.3) is 0 Å². The Morgan fingerprint density at radius 2 is 1.63 bits per heavy atom. The number of carbonyl (C=O) groups is 2. The van der Waals surface area contributed by atoms with Gasteiger partial charge in [-0.25, -0.2) is 0 Å². The van der Waals surface area contributed by atoms with Crippen LogP contribution in [0.4, 0.5) is 0 Å². The third-order valence-electron chi connectivity index (χ3n) is 6.75. The van der Waals surface area contributed by atoms with Crippen molar-refractivity contribution in [3.8, 4) is 23.0 Å². The first-order chi connectivity index (χ1) is 18.2. The van der Waals surface area contributed by atoms with Crippen LogP contribution in [0.1, 0.15) is 32.6 Å². The number of aliphatic hydroxyl groups excluding tert-OH is 1. The molecule has 198 valence electrons. The van der Waals surface area contributed by atoms with Gasteiger partial charge >= 0.3 is 0 Å². The number of hydrogen-bond donors (Lipinski definition) is 1. The number of benzene rings is 3. The molecule has 3 aromatic rings. The Hall–Kier alpha value is -4.46. The molecule has 0 radical (unpaired) electrons. The number of methoxy groups -OCH3 is 4. The number of ketones is 1. The zero-order valence-corrected chi connectivity index (χ0v) is 22.3. The number of amides is 1. The number of aliphatic hydroxyl groups is 1. The molecule has 0 fully saturated rings. The van der Waals surface area contributed by atoms with E-state index in [-0.39, 0.29) is 12.1 Å². The molecule has 1 aliphatic heterocycles.